The summed E-state index contributed by atoms with van der Waals surface area (Å²) in [5.74, 6) is 0.0987. The molecule has 0 radical (unpaired) electrons. The second-order valence-electron chi connectivity index (χ2n) is 5.41. The first-order valence-corrected chi connectivity index (χ1v) is 7.79. The van der Waals surface area contributed by atoms with Crippen LogP contribution in [0.3, 0.4) is 0 Å². The standard InChI is InChI=1S/C14H29N5O2/c1-15-18-8-5-7-13(20)16-9-10-17-14(21)12-6-3-4-11-19(12)2/h12,15,18H,3-11H2,1-2H3,(H,16,20)(H,17,21). The highest BCUT2D eigenvalue weighted by Gasteiger charge is 2.25. The highest BCUT2D eigenvalue weighted by molar-refractivity contribution is 5.82. The molecule has 0 aliphatic carbocycles. The number of hydrogen-bond donors (Lipinski definition) is 4. The number of likely N-dealkylation sites (N-methyl/N-ethyl adjacent to an activating group) is 1. The van der Waals surface area contributed by atoms with E-state index in [1.807, 2.05) is 7.05 Å². The number of piperidine rings is 1. The van der Waals surface area contributed by atoms with E-state index in [4.69, 9.17) is 0 Å². The Morgan fingerprint density at radius 2 is 1.90 bits per heavy atom. The van der Waals surface area contributed by atoms with Crippen LogP contribution < -0.4 is 21.5 Å². The van der Waals surface area contributed by atoms with Gasteiger partial charge in [-0.05, 0) is 39.9 Å². The first-order valence-electron chi connectivity index (χ1n) is 7.79. The summed E-state index contributed by atoms with van der Waals surface area (Å²) >= 11 is 0. The molecule has 1 rings (SSSR count). The fourth-order valence-corrected chi connectivity index (χ4v) is 2.46. The Morgan fingerprint density at radius 1 is 1.14 bits per heavy atom. The van der Waals surface area contributed by atoms with Crippen LogP contribution in [0.1, 0.15) is 32.1 Å². The van der Waals surface area contributed by atoms with E-state index < -0.39 is 0 Å². The average molecular weight is 299 g/mol. The second kappa shape index (κ2) is 10.5. The molecule has 1 aliphatic rings. The molecule has 1 fully saturated rings. The molecule has 7 nitrogen and oxygen atoms in total. The lowest BCUT2D eigenvalue weighted by Gasteiger charge is -2.31. The van der Waals surface area contributed by atoms with Gasteiger partial charge in [-0.25, -0.2) is 0 Å². The largest absolute Gasteiger partial charge is 0.354 e. The SMILES string of the molecule is CNNCCCC(=O)NCCNC(=O)C1CCCCN1C. The second-order valence-corrected chi connectivity index (χ2v) is 5.41. The number of hydrogen-bond acceptors (Lipinski definition) is 5. The highest BCUT2D eigenvalue weighted by atomic mass is 16.2. The Balaban J connectivity index is 2.05. The minimum absolute atomic E-state index is 0.0120. The van der Waals surface area contributed by atoms with Gasteiger partial charge in [0, 0.05) is 26.1 Å². The first-order chi connectivity index (χ1) is 10.1. The van der Waals surface area contributed by atoms with Gasteiger partial charge in [-0.3, -0.25) is 25.3 Å². The van der Waals surface area contributed by atoms with Crippen molar-refractivity contribution in [2.45, 2.75) is 38.1 Å². The third kappa shape index (κ3) is 7.40. The molecule has 122 valence electrons. The molecular weight excluding hydrogens is 270 g/mol. The number of nitrogens with zero attached hydrogens (tertiary/aromatic N) is 1. The molecule has 7 heteroatoms. The van der Waals surface area contributed by atoms with Crippen molar-refractivity contribution in [2.75, 3.05) is 40.3 Å². The molecular formula is C14H29N5O2. The van der Waals surface area contributed by atoms with Crippen LogP contribution in [0.5, 0.6) is 0 Å². The van der Waals surface area contributed by atoms with E-state index in [0.29, 0.717) is 19.5 Å². The van der Waals surface area contributed by atoms with Crippen LogP contribution >= 0.6 is 0 Å². The molecule has 0 saturated carbocycles. The van der Waals surface area contributed by atoms with Gasteiger partial charge in [0.15, 0.2) is 0 Å². The molecule has 0 aromatic heterocycles. The van der Waals surface area contributed by atoms with Crippen LogP contribution in [0.4, 0.5) is 0 Å². The molecule has 0 bridgehead atoms. The lowest BCUT2D eigenvalue weighted by molar-refractivity contribution is -0.127. The Bertz CT molecular complexity index is 324. The van der Waals surface area contributed by atoms with Gasteiger partial charge in [0.05, 0.1) is 6.04 Å². The van der Waals surface area contributed by atoms with Gasteiger partial charge in [0.1, 0.15) is 0 Å². The number of amides is 2. The molecule has 1 aliphatic heterocycles. The predicted molar refractivity (Wildman–Crippen MR) is 82.6 cm³/mol. The maximum absolute atomic E-state index is 12.0. The number of carbonyl (C=O) groups is 2. The summed E-state index contributed by atoms with van der Waals surface area (Å²) in [6, 6.07) is -0.0120. The van der Waals surface area contributed by atoms with Crippen LogP contribution in [0.15, 0.2) is 0 Å². The number of hydrazine groups is 1. The lowest BCUT2D eigenvalue weighted by atomic mass is 10.0. The number of nitrogens with one attached hydrogen (secondary N) is 4. The van der Waals surface area contributed by atoms with Crippen LogP contribution in [0.25, 0.3) is 0 Å². The Morgan fingerprint density at radius 3 is 2.62 bits per heavy atom. The van der Waals surface area contributed by atoms with E-state index in [2.05, 4.69) is 26.4 Å². The van der Waals surface area contributed by atoms with Gasteiger partial charge in [0.25, 0.3) is 0 Å². The van der Waals surface area contributed by atoms with Gasteiger partial charge in [0.2, 0.25) is 11.8 Å². The maximum Gasteiger partial charge on any atom is 0.237 e. The van der Waals surface area contributed by atoms with E-state index in [9.17, 15) is 9.59 Å². The monoisotopic (exact) mass is 299 g/mol. The summed E-state index contributed by atoms with van der Waals surface area (Å²) in [4.78, 5) is 25.6. The topological polar surface area (TPSA) is 85.5 Å². The Hall–Kier alpha value is -1.18. The van der Waals surface area contributed by atoms with Crippen molar-refractivity contribution in [1.29, 1.82) is 0 Å². The number of carbonyl (C=O) groups excluding carboxylic acids is 2. The molecule has 2 amide bonds. The molecule has 4 N–H and O–H groups in total. The number of rotatable bonds is 9. The van der Waals surface area contributed by atoms with Crippen molar-refractivity contribution >= 4 is 11.8 Å². The zero-order chi connectivity index (χ0) is 15.5. The van der Waals surface area contributed by atoms with Gasteiger partial charge >= 0.3 is 0 Å². The Kier molecular flexibility index (Phi) is 8.96. The average Bonchev–Trinajstić information content (AvgIpc) is 2.48. The van der Waals surface area contributed by atoms with Crippen molar-refractivity contribution < 1.29 is 9.59 Å². The Labute approximate surface area is 127 Å². The minimum Gasteiger partial charge on any atom is -0.354 e. The van der Waals surface area contributed by atoms with Gasteiger partial charge in [-0.2, -0.15) is 0 Å². The van der Waals surface area contributed by atoms with E-state index in [-0.39, 0.29) is 17.9 Å². The van der Waals surface area contributed by atoms with Crippen LogP contribution in [0.2, 0.25) is 0 Å². The third-order valence-corrected chi connectivity index (χ3v) is 3.70. The fraction of sp³-hybridized carbons (Fsp3) is 0.857. The number of likely N-dealkylation sites (tertiary alicyclic amines) is 1. The molecule has 1 heterocycles. The zero-order valence-corrected chi connectivity index (χ0v) is 13.2. The van der Waals surface area contributed by atoms with Crippen molar-refractivity contribution in [3.63, 3.8) is 0 Å². The molecule has 1 unspecified atom stereocenters. The first kappa shape index (κ1) is 17.9. The lowest BCUT2D eigenvalue weighted by Crippen LogP contribution is -2.48. The van der Waals surface area contributed by atoms with E-state index in [1.54, 1.807) is 7.05 Å². The highest BCUT2D eigenvalue weighted by Crippen LogP contribution is 2.14. The fourth-order valence-electron chi connectivity index (χ4n) is 2.46. The summed E-state index contributed by atoms with van der Waals surface area (Å²) < 4.78 is 0. The predicted octanol–water partition coefficient (Wildman–Crippen LogP) is -0.793. The molecule has 0 aromatic carbocycles. The third-order valence-electron chi connectivity index (χ3n) is 3.70. The van der Waals surface area contributed by atoms with E-state index in [1.165, 1.54) is 6.42 Å². The van der Waals surface area contributed by atoms with Gasteiger partial charge in [-0.1, -0.05) is 6.42 Å². The molecule has 1 atom stereocenters. The van der Waals surface area contributed by atoms with Crippen LogP contribution in [0, 0.1) is 0 Å². The van der Waals surface area contributed by atoms with E-state index in [0.717, 1.165) is 32.4 Å². The normalized spacial score (nSPS) is 19.2. The van der Waals surface area contributed by atoms with E-state index >= 15 is 0 Å². The van der Waals surface area contributed by atoms with Crippen LogP contribution in [-0.4, -0.2) is 63.0 Å². The van der Waals surface area contributed by atoms with Crippen molar-refractivity contribution in [3.8, 4) is 0 Å². The maximum atomic E-state index is 12.0. The van der Waals surface area contributed by atoms with Crippen molar-refractivity contribution in [3.05, 3.63) is 0 Å². The summed E-state index contributed by atoms with van der Waals surface area (Å²) in [5, 5.41) is 5.71. The van der Waals surface area contributed by atoms with Crippen molar-refractivity contribution in [1.82, 2.24) is 26.4 Å². The molecule has 0 aromatic rings. The quantitative estimate of drug-likeness (QED) is 0.331. The summed E-state index contributed by atoms with van der Waals surface area (Å²) in [7, 11) is 3.79. The minimum atomic E-state index is -0.0120. The molecule has 0 spiro atoms. The summed E-state index contributed by atoms with van der Waals surface area (Å²) in [5.41, 5.74) is 5.74. The summed E-state index contributed by atoms with van der Waals surface area (Å²) in [6.45, 7) is 2.72. The molecule has 1 saturated heterocycles. The van der Waals surface area contributed by atoms with Crippen molar-refractivity contribution in [2.24, 2.45) is 0 Å². The molecule has 21 heavy (non-hydrogen) atoms. The van der Waals surface area contributed by atoms with Crippen LogP contribution in [-0.2, 0) is 9.59 Å². The van der Waals surface area contributed by atoms with Gasteiger partial charge in [-0.15, -0.1) is 0 Å². The van der Waals surface area contributed by atoms with Gasteiger partial charge < -0.3 is 10.6 Å². The zero-order valence-electron chi connectivity index (χ0n) is 13.2. The smallest absolute Gasteiger partial charge is 0.237 e. The summed E-state index contributed by atoms with van der Waals surface area (Å²) in [6.07, 6.45) is 4.48.